The van der Waals surface area contributed by atoms with Crippen molar-refractivity contribution in [2.24, 2.45) is 0 Å². The van der Waals surface area contributed by atoms with Crippen molar-refractivity contribution in [2.75, 3.05) is 11.3 Å². The highest BCUT2D eigenvalue weighted by Gasteiger charge is 2.19. The molecule has 0 bridgehead atoms. The number of hydrogen-bond donors (Lipinski definition) is 2. The second-order valence-electron chi connectivity index (χ2n) is 8.31. The summed E-state index contributed by atoms with van der Waals surface area (Å²) in [6.45, 7) is 8.12. The number of nitrogens with one attached hydrogen (secondary N) is 2. The van der Waals surface area contributed by atoms with E-state index >= 15 is 0 Å². The van der Waals surface area contributed by atoms with Crippen molar-refractivity contribution in [1.29, 1.82) is 0 Å². The lowest BCUT2D eigenvalue weighted by Gasteiger charge is -2.13. The molecular formula is C26H30N2O3S. The maximum absolute atomic E-state index is 13.0. The van der Waals surface area contributed by atoms with Crippen LogP contribution in [0.3, 0.4) is 0 Å². The molecule has 3 aromatic rings. The van der Waals surface area contributed by atoms with Crippen LogP contribution < -0.4 is 10.0 Å². The lowest BCUT2D eigenvalue weighted by molar-refractivity contribution is 0.0953. The quantitative estimate of drug-likeness (QED) is 0.470. The number of rotatable bonds is 8. The lowest BCUT2D eigenvalue weighted by atomic mass is 10.1. The molecule has 5 nitrogen and oxygen atoms in total. The van der Waals surface area contributed by atoms with Crippen LogP contribution >= 0.6 is 0 Å². The first-order valence-corrected chi connectivity index (χ1v) is 12.2. The van der Waals surface area contributed by atoms with E-state index in [0.717, 1.165) is 24.0 Å². The van der Waals surface area contributed by atoms with E-state index in [1.807, 2.05) is 19.9 Å². The van der Waals surface area contributed by atoms with Crippen molar-refractivity contribution >= 4 is 21.6 Å². The predicted molar refractivity (Wildman–Crippen MR) is 130 cm³/mol. The Hall–Kier alpha value is -3.12. The average Bonchev–Trinajstić information content (AvgIpc) is 2.71. The van der Waals surface area contributed by atoms with Crippen molar-refractivity contribution in [3.8, 4) is 0 Å². The third-order valence-electron chi connectivity index (χ3n) is 5.26. The SMILES string of the molecule is Cc1ccc(CCCNC(=O)c2ccc(C)c(S(=O)(=O)Nc3cc(C)cc(C)c3)c2)cc1. The number of benzene rings is 3. The fraction of sp³-hybridized carbons (Fsp3) is 0.269. The van der Waals surface area contributed by atoms with E-state index in [1.54, 1.807) is 31.2 Å². The highest BCUT2D eigenvalue weighted by molar-refractivity contribution is 7.92. The first kappa shape index (κ1) is 23.5. The van der Waals surface area contributed by atoms with E-state index in [-0.39, 0.29) is 10.8 Å². The van der Waals surface area contributed by atoms with Crippen molar-refractivity contribution in [1.82, 2.24) is 5.32 Å². The minimum absolute atomic E-state index is 0.101. The second kappa shape index (κ2) is 10.0. The Kier molecular flexibility index (Phi) is 7.36. The number of hydrogen-bond acceptors (Lipinski definition) is 3. The van der Waals surface area contributed by atoms with Gasteiger partial charge >= 0.3 is 0 Å². The third-order valence-corrected chi connectivity index (χ3v) is 6.79. The summed E-state index contributed by atoms with van der Waals surface area (Å²) in [5.41, 5.74) is 5.80. The van der Waals surface area contributed by atoms with Crippen LogP contribution in [0.2, 0.25) is 0 Å². The van der Waals surface area contributed by atoms with Crippen molar-refractivity contribution in [3.05, 3.63) is 94.0 Å². The van der Waals surface area contributed by atoms with Crippen LogP contribution in [0.5, 0.6) is 0 Å². The fourth-order valence-electron chi connectivity index (χ4n) is 3.63. The molecule has 6 heteroatoms. The van der Waals surface area contributed by atoms with Gasteiger partial charge in [0.1, 0.15) is 0 Å². The van der Waals surface area contributed by atoms with Crippen molar-refractivity contribution < 1.29 is 13.2 Å². The van der Waals surface area contributed by atoms with Crippen LogP contribution in [0.4, 0.5) is 5.69 Å². The van der Waals surface area contributed by atoms with E-state index in [4.69, 9.17) is 0 Å². The van der Waals surface area contributed by atoms with Gasteiger partial charge in [-0.05, 0) is 87.1 Å². The van der Waals surface area contributed by atoms with Crippen molar-refractivity contribution in [2.45, 2.75) is 45.4 Å². The standard InChI is InChI=1S/C26H30N2O3S/c1-18-7-10-22(11-8-18)6-5-13-27-26(29)23-12-9-21(4)25(17-23)32(30,31)28-24-15-19(2)14-20(3)16-24/h7-12,14-17,28H,5-6,13H2,1-4H3,(H,27,29). The highest BCUT2D eigenvalue weighted by Crippen LogP contribution is 2.22. The van der Waals surface area contributed by atoms with Gasteiger partial charge in [0.2, 0.25) is 0 Å². The van der Waals surface area contributed by atoms with Crippen molar-refractivity contribution in [3.63, 3.8) is 0 Å². The Labute approximate surface area is 190 Å². The molecule has 3 aromatic carbocycles. The first-order chi connectivity index (χ1) is 15.1. The second-order valence-corrected chi connectivity index (χ2v) is 9.96. The third kappa shape index (κ3) is 6.20. The van der Waals surface area contributed by atoms with Gasteiger partial charge in [0.05, 0.1) is 4.90 Å². The van der Waals surface area contributed by atoms with Gasteiger partial charge in [0.25, 0.3) is 15.9 Å². The zero-order valence-corrected chi connectivity index (χ0v) is 19.8. The largest absolute Gasteiger partial charge is 0.352 e. The van der Waals surface area contributed by atoms with Crippen LogP contribution in [0.1, 0.15) is 44.6 Å². The van der Waals surface area contributed by atoms with Crippen LogP contribution in [0.25, 0.3) is 0 Å². The summed E-state index contributed by atoms with van der Waals surface area (Å²) in [5.74, 6) is -0.281. The topological polar surface area (TPSA) is 75.3 Å². The average molecular weight is 451 g/mol. The molecule has 0 saturated heterocycles. The molecular weight excluding hydrogens is 420 g/mol. The summed E-state index contributed by atoms with van der Waals surface area (Å²) in [6.07, 6.45) is 1.67. The summed E-state index contributed by atoms with van der Waals surface area (Å²) in [7, 11) is -3.83. The summed E-state index contributed by atoms with van der Waals surface area (Å²) in [5, 5.41) is 2.89. The molecule has 32 heavy (non-hydrogen) atoms. The van der Waals surface area contributed by atoms with E-state index < -0.39 is 10.0 Å². The number of aryl methyl sites for hydroxylation is 5. The normalized spacial score (nSPS) is 11.2. The molecule has 0 fully saturated rings. The van der Waals surface area contributed by atoms with Gasteiger partial charge in [-0.25, -0.2) is 8.42 Å². The fourth-order valence-corrected chi connectivity index (χ4v) is 4.94. The van der Waals surface area contributed by atoms with Crippen LogP contribution in [0, 0.1) is 27.7 Å². The Bertz CT molecular complexity index is 1200. The molecule has 0 saturated carbocycles. The summed E-state index contributed by atoms with van der Waals surface area (Å²) in [4.78, 5) is 12.7. The molecule has 0 radical (unpaired) electrons. The van der Waals surface area contributed by atoms with Gasteiger partial charge in [0.15, 0.2) is 0 Å². The van der Waals surface area contributed by atoms with Gasteiger partial charge in [-0.1, -0.05) is 42.0 Å². The molecule has 3 rings (SSSR count). The van der Waals surface area contributed by atoms with Gasteiger partial charge in [-0.15, -0.1) is 0 Å². The molecule has 0 aliphatic carbocycles. The molecule has 0 atom stereocenters. The first-order valence-electron chi connectivity index (χ1n) is 10.7. The number of anilines is 1. The van der Waals surface area contributed by atoms with Gasteiger partial charge in [-0.3, -0.25) is 9.52 Å². The molecule has 0 heterocycles. The molecule has 0 unspecified atom stereocenters. The highest BCUT2D eigenvalue weighted by atomic mass is 32.2. The summed E-state index contributed by atoms with van der Waals surface area (Å²) in [6, 6.07) is 18.6. The number of carbonyl (C=O) groups excluding carboxylic acids is 1. The van der Waals surface area contributed by atoms with Crippen LogP contribution in [-0.2, 0) is 16.4 Å². The van der Waals surface area contributed by atoms with Gasteiger partial charge in [-0.2, -0.15) is 0 Å². The van der Waals surface area contributed by atoms with E-state index in [2.05, 4.69) is 41.2 Å². The number of amides is 1. The van der Waals surface area contributed by atoms with Crippen LogP contribution in [-0.4, -0.2) is 20.9 Å². The predicted octanol–water partition coefficient (Wildman–Crippen LogP) is 5.08. The molecule has 1 amide bonds. The van der Waals surface area contributed by atoms with Crippen LogP contribution in [0.15, 0.2) is 65.6 Å². The molecule has 2 N–H and O–H groups in total. The Morgan fingerprint density at radius 1 is 0.812 bits per heavy atom. The molecule has 0 aromatic heterocycles. The Morgan fingerprint density at radius 3 is 2.12 bits per heavy atom. The zero-order valence-electron chi connectivity index (χ0n) is 19.0. The minimum Gasteiger partial charge on any atom is -0.352 e. The molecule has 0 aliphatic rings. The van der Waals surface area contributed by atoms with Gasteiger partial charge in [0, 0.05) is 17.8 Å². The maximum atomic E-state index is 13.0. The van der Waals surface area contributed by atoms with E-state index in [0.29, 0.717) is 23.4 Å². The molecule has 0 spiro atoms. The lowest BCUT2D eigenvalue weighted by Crippen LogP contribution is -2.25. The van der Waals surface area contributed by atoms with E-state index in [1.165, 1.54) is 17.2 Å². The van der Waals surface area contributed by atoms with E-state index in [9.17, 15) is 13.2 Å². The number of carbonyl (C=O) groups is 1. The monoisotopic (exact) mass is 450 g/mol. The Morgan fingerprint density at radius 2 is 1.47 bits per heavy atom. The number of sulfonamides is 1. The maximum Gasteiger partial charge on any atom is 0.262 e. The smallest absolute Gasteiger partial charge is 0.262 e. The Balaban J connectivity index is 1.67. The molecule has 0 aliphatic heterocycles. The zero-order chi connectivity index (χ0) is 23.3. The summed E-state index contributed by atoms with van der Waals surface area (Å²) < 4.78 is 28.7. The minimum atomic E-state index is -3.83. The van der Waals surface area contributed by atoms with Gasteiger partial charge < -0.3 is 5.32 Å². The molecule has 168 valence electrons. The summed E-state index contributed by atoms with van der Waals surface area (Å²) >= 11 is 0.